The Morgan fingerprint density at radius 3 is 2.56 bits per heavy atom. The van der Waals surface area contributed by atoms with E-state index in [0.717, 1.165) is 36.0 Å². The van der Waals surface area contributed by atoms with Crippen molar-refractivity contribution in [1.82, 2.24) is 25.0 Å². The number of hydrogen-bond acceptors (Lipinski definition) is 6. The zero-order chi connectivity index (χ0) is 22.1. The summed E-state index contributed by atoms with van der Waals surface area (Å²) in [6, 6.07) is 13.5. The molecule has 0 atom stereocenters. The maximum absolute atomic E-state index is 13.1. The highest BCUT2D eigenvalue weighted by molar-refractivity contribution is 5.75. The van der Waals surface area contributed by atoms with E-state index in [1.54, 1.807) is 12.3 Å². The average Bonchev–Trinajstić information content (AvgIpc) is 3.42. The van der Waals surface area contributed by atoms with Gasteiger partial charge >= 0.3 is 6.18 Å². The van der Waals surface area contributed by atoms with Gasteiger partial charge in [0.1, 0.15) is 18.8 Å². The van der Waals surface area contributed by atoms with Gasteiger partial charge < -0.3 is 14.3 Å². The van der Waals surface area contributed by atoms with Crippen LogP contribution in [0.5, 0.6) is 0 Å². The second kappa shape index (κ2) is 8.36. The summed E-state index contributed by atoms with van der Waals surface area (Å²) in [6.45, 7) is 3.99. The summed E-state index contributed by atoms with van der Waals surface area (Å²) in [6.07, 6.45) is -0.945. The number of fused-ring (bicyclic) bond motifs is 1. The quantitative estimate of drug-likeness (QED) is 0.650. The van der Waals surface area contributed by atoms with Gasteiger partial charge in [0, 0.05) is 31.9 Å². The Morgan fingerprint density at radius 2 is 1.81 bits per heavy atom. The number of rotatable bonds is 5. The molecule has 0 radical (unpaired) electrons. The second-order valence-electron chi connectivity index (χ2n) is 7.86. The Labute approximate surface area is 183 Å². The van der Waals surface area contributed by atoms with Crippen molar-refractivity contribution in [2.45, 2.75) is 19.4 Å². The van der Waals surface area contributed by atoms with Crippen LogP contribution >= 0.6 is 0 Å². The Bertz CT molecular complexity index is 1120. The molecule has 1 aromatic heterocycles. The summed E-state index contributed by atoms with van der Waals surface area (Å²) in [7, 11) is 0. The van der Waals surface area contributed by atoms with Crippen LogP contribution in [0.3, 0.4) is 0 Å². The normalized spacial score (nSPS) is 17.3. The van der Waals surface area contributed by atoms with Gasteiger partial charge in [0.2, 0.25) is 0 Å². The smallest absolute Gasteiger partial charge is 0.395 e. The Balaban J connectivity index is 1.29. The number of nitrogens with one attached hydrogen (secondary N) is 1. The van der Waals surface area contributed by atoms with Crippen molar-refractivity contribution in [3.05, 3.63) is 72.4 Å². The summed E-state index contributed by atoms with van der Waals surface area (Å²) >= 11 is 0. The van der Waals surface area contributed by atoms with Gasteiger partial charge in [-0.05, 0) is 30.3 Å². The molecule has 0 spiro atoms. The molecule has 2 aliphatic heterocycles. The number of para-hydroxylation sites is 2. The van der Waals surface area contributed by atoms with E-state index in [2.05, 4.69) is 15.1 Å². The van der Waals surface area contributed by atoms with E-state index in [4.69, 9.17) is 9.82 Å². The van der Waals surface area contributed by atoms with E-state index >= 15 is 0 Å². The monoisotopic (exact) mass is 444 g/mol. The molecule has 1 saturated heterocycles. The molecule has 0 unspecified atom stereocenters. The molecule has 0 saturated carbocycles. The molecule has 3 heterocycles. The third kappa shape index (κ3) is 4.23. The van der Waals surface area contributed by atoms with Crippen LogP contribution in [0, 0.1) is 0 Å². The van der Waals surface area contributed by atoms with E-state index in [0.29, 0.717) is 32.0 Å². The largest absolute Gasteiger partial charge is 0.416 e. The van der Waals surface area contributed by atoms with Gasteiger partial charge in [-0.1, -0.05) is 23.8 Å². The van der Waals surface area contributed by atoms with E-state index in [-0.39, 0.29) is 0 Å². The lowest BCUT2D eigenvalue weighted by atomic mass is 10.1. The van der Waals surface area contributed by atoms with Crippen molar-refractivity contribution in [1.29, 1.82) is 0 Å². The van der Waals surface area contributed by atoms with Crippen LogP contribution in [0.1, 0.15) is 11.4 Å². The van der Waals surface area contributed by atoms with Crippen molar-refractivity contribution < 1.29 is 18.0 Å². The first-order chi connectivity index (χ1) is 15.5. The van der Waals surface area contributed by atoms with Crippen molar-refractivity contribution in [2.24, 2.45) is 0 Å². The molecule has 3 aromatic rings. The number of hydrogen-bond donors (Lipinski definition) is 1. The zero-order valence-corrected chi connectivity index (χ0v) is 17.3. The molecular weight excluding hydrogens is 421 g/mol. The van der Waals surface area contributed by atoms with Crippen LogP contribution < -0.4 is 10.5 Å². The van der Waals surface area contributed by atoms with Crippen LogP contribution in [0.2, 0.25) is 0 Å². The summed E-state index contributed by atoms with van der Waals surface area (Å²) < 4.78 is 41.3. The number of piperazine rings is 1. The van der Waals surface area contributed by atoms with Crippen LogP contribution in [0.25, 0.3) is 11.0 Å². The van der Waals surface area contributed by atoms with Gasteiger partial charge in [-0.15, -0.1) is 0 Å². The zero-order valence-electron chi connectivity index (χ0n) is 17.3. The minimum absolute atomic E-state index is 0.538. The molecule has 1 N–H and O–H groups in total. The first-order valence-electron chi connectivity index (χ1n) is 10.4. The molecule has 2 aromatic carbocycles. The number of hydrazine groups is 1. The average molecular weight is 444 g/mol. The lowest BCUT2D eigenvalue weighted by Crippen LogP contribution is -2.46. The maximum atomic E-state index is 13.1. The molecular formula is C22H23F3N6O. The summed E-state index contributed by atoms with van der Waals surface area (Å²) in [4.78, 5) is 14.2. The van der Waals surface area contributed by atoms with Gasteiger partial charge in [-0.2, -0.15) is 13.2 Å². The lowest BCUT2D eigenvalue weighted by molar-refractivity contribution is -0.137. The molecule has 2 aliphatic rings. The molecule has 1 fully saturated rings. The van der Waals surface area contributed by atoms with Crippen LogP contribution in [-0.4, -0.2) is 45.6 Å². The van der Waals surface area contributed by atoms with Gasteiger partial charge in [0.25, 0.3) is 0 Å². The van der Waals surface area contributed by atoms with Gasteiger partial charge in [-0.3, -0.25) is 9.91 Å². The van der Waals surface area contributed by atoms with E-state index < -0.39 is 11.7 Å². The summed E-state index contributed by atoms with van der Waals surface area (Å²) in [5, 5.41) is 1.82. The Morgan fingerprint density at radius 1 is 1.00 bits per heavy atom. The fourth-order valence-corrected chi connectivity index (χ4v) is 4.11. The Kier molecular flexibility index (Phi) is 5.40. The lowest BCUT2D eigenvalue weighted by Gasteiger charge is -2.36. The van der Waals surface area contributed by atoms with Crippen molar-refractivity contribution >= 4 is 16.7 Å². The second-order valence-corrected chi connectivity index (χ2v) is 7.86. The SMILES string of the molecule is FC(F)(F)c1cccc(N2CCN(Cc3nc4ccccc4n3CN3C=CON3)CC2)c1. The van der Waals surface area contributed by atoms with Crippen LogP contribution in [0.4, 0.5) is 18.9 Å². The fourth-order valence-electron chi connectivity index (χ4n) is 4.11. The minimum atomic E-state index is -4.33. The van der Waals surface area contributed by atoms with Crippen LogP contribution in [0.15, 0.2) is 61.0 Å². The number of benzene rings is 2. The van der Waals surface area contributed by atoms with E-state index in [1.807, 2.05) is 40.4 Å². The van der Waals surface area contributed by atoms with Gasteiger partial charge in [-0.25, -0.2) is 4.98 Å². The number of nitrogens with zero attached hydrogens (tertiary/aromatic N) is 5. The first-order valence-corrected chi connectivity index (χ1v) is 10.4. The number of alkyl halides is 3. The van der Waals surface area contributed by atoms with Crippen molar-refractivity contribution in [3.63, 3.8) is 0 Å². The van der Waals surface area contributed by atoms with Gasteiger partial charge in [0.05, 0.1) is 29.3 Å². The highest BCUT2D eigenvalue weighted by atomic mass is 19.4. The van der Waals surface area contributed by atoms with E-state index in [1.165, 1.54) is 12.1 Å². The summed E-state index contributed by atoms with van der Waals surface area (Å²) in [5.74, 6) is 0.931. The maximum Gasteiger partial charge on any atom is 0.416 e. The third-order valence-corrected chi connectivity index (χ3v) is 5.78. The topological polar surface area (TPSA) is 48.8 Å². The molecule has 0 aliphatic carbocycles. The predicted octanol–water partition coefficient (Wildman–Crippen LogP) is 3.56. The standard InChI is InChI=1S/C22H23F3N6O/c23-22(24,25)17-4-3-5-18(14-17)29-10-8-28(9-11-29)15-21-26-19-6-1-2-7-20(19)31(21)16-30-12-13-32-27-30/h1-7,12-14,27H,8-11,15-16H2. The van der Waals surface area contributed by atoms with E-state index in [9.17, 15) is 13.2 Å². The molecule has 0 amide bonds. The molecule has 7 nitrogen and oxygen atoms in total. The molecule has 168 valence electrons. The highest BCUT2D eigenvalue weighted by Gasteiger charge is 2.31. The highest BCUT2D eigenvalue weighted by Crippen LogP contribution is 2.32. The number of halogens is 3. The molecule has 5 rings (SSSR count). The molecule has 0 bridgehead atoms. The number of imidazole rings is 1. The number of aromatic nitrogens is 2. The first kappa shape index (κ1) is 20.7. The van der Waals surface area contributed by atoms with Crippen molar-refractivity contribution in [3.8, 4) is 0 Å². The summed E-state index contributed by atoms with van der Waals surface area (Å²) in [5.41, 5.74) is 4.76. The third-order valence-electron chi connectivity index (χ3n) is 5.78. The van der Waals surface area contributed by atoms with Gasteiger partial charge in [0.15, 0.2) is 0 Å². The number of anilines is 1. The minimum Gasteiger partial charge on any atom is -0.395 e. The molecule has 10 heteroatoms. The predicted molar refractivity (Wildman–Crippen MR) is 114 cm³/mol. The van der Waals surface area contributed by atoms with Crippen molar-refractivity contribution in [2.75, 3.05) is 31.1 Å². The van der Waals surface area contributed by atoms with Crippen LogP contribution in [-0.2, 0) is 24.2 Å². The molecule has 32 heavy (non-hydrogen) atoms. The fraction of sp³-hybridized carbons (Fsp3) is 0.318. The Hall–Kier alpha value is -3.24.